The quantitative estimate of drug-likeness (QED) is 0.697. The van der Waals surface area contributed by atoms with Crippen LogP contribution in [0.2, 0.25) is 0 Å². The largest absolute Gasteiger partial charge is 0.351 e. The first kappa shape index (κ1) is 18.0. The number of hydrogen-bond donors (Lipinski definition) is 1. The highest BCUT2D eigenvalue weighted by molar-refractivity contribution is 6.03. The molecule has 0 radical (unpaired) electrons. The van der Waals surface area contributed by atoms with Crippen LogP contribution in [-0.2, 0) is 11.8 Å². The van der Waals surface area contributed by atoms with Gasteiger partial charge in [-0.15, -0.1) is 6.58 Å². The first-order chi connectivity index (χ1) is 13.5. The Morgan fingerprint density at radius 2 is 1.89 bits per heavy atom. The Hall–Kier alpha value is -3.34. The highest BCUT2D eigenvalue weighted by atomic mass is 16.2. The van der Waals surface area contributed by atoms with E-state index in [1.54, 1.807) is 17.9 Å². The van der Waals surface area contributed by atoms with Gasteiger partial charge in [0.15, 0.2) is 0 Å². The van der Waals surface area contributed by atoms with Crippen LogP contribution < -0.4 is 5.32 Å². The first-order valence-electron chi connectivity index (χ1n) is 9.38. The van der Waals surface area contributed by atoms with Crippen LogP contribution in [0.25, 0.3) is 10.9 Å². The molecule has 0 spiro atoms. The van der Waals surface area contributed by atoms with Gasteiger partial charge in [-0.1, -0.05) is 42.5 Å². The standard InChI is InChI=1S/C23H23N3O2/c1-4-13-24-22(27)15(2)26-21(17-10-5-6-11-18(17)23(26)28)19-14-25(3)20-12-8-7-9-16(19)20/h4-12,14-15,21H,1,13H2,2-3H3,(H,24,27)/t15-,21-/m1/s1. The van der Waals surface area contributed by atoms with E-state index in [4.69, 9.17) is 0 Å². The second kappa shape index (κ2) is 7.00. The number of amides is 2. The summed E-state index contributed by atoms with van der Waals surface area (Å²) < 4.78 is 2.07. The fraction of sp³-hybridized carbons (Fsp3) is 0.217. The van der Waals surface area contributed by atoms with Gasteiger partial charge in [0.1, 0.15) is 6.04 Å². The van der Waals surface area contributed by atoms with Crippen molar-refractivity contribution in [2.75, 3.05) is 6.54 Å². The van der Waals surface area contributed by atoms with Crippen molar-refractivity contribution in [3.63, 3.8) is 0 Å². The SMILES string of the molecule is C=CCNC(=O)[C@@H](C)N1C(=O)c2ccccc2[C@@H]1c1cn(C)c2ccccc12. The number of fused-ring (bicyclic) bond motifs is 2. The summed E-state index contributed by atoms with van der Waals surface area (Å²) in [5.41, 5.74) is 3.72. The van der Waals surface area contributed by atoms with Crippen LogP contribution in [0.4, 0.5) is 0 Å². The predicted molar refractivity (Wildman–Crippen MR) is 110 cm³/mol. The maximum absolute atomic E-state index is 13.3. The summed E-state index contributed by atoms with van der Waals surface area (Å²) in [5.74, 6) is -0.305. The van der Waals surface area contributed by atoms with Crippen LogP contribution in [0.3, 0.4) is 0 Å². The molecule has 0 saturated heterocycles. The Kier molecular flexibility index (Phi) is 4.51. The lowest BCUT2D eigenvalue weighted by atomic mass is 9.97. The summed E-state index contributed by atoms with van der Waals surface area (Å²) in [6, 6.07) is 14.8. The maximum Gasteiger partial charge on any atom is 0.255 e. The highest BCUT2D eigenvalue weighted by Gasteiger charge is 2.43. The molecule has 2 atom stereocenters. The molecular formula is C23H23N3O2. The van der Waals surface area contributed by atoms with Crippen LogP contribution in [0, 0.1) is 0 Å². The topological polar surface area (TPSA) is 54.3 Å². The van der Waals surface area contributed by atoms with Crippen molar-refractivity contribution in [2.24, 2.45) is 7.05 Å². The normalized spacial score (nSPS) is 16.9. The molecule has 2 heterocycles. The molecule has 0 fully saturated rings. The summed E-state index contributed by atoms with van der Waals surface area (Å²) >= 11 is 0. The molecule has 5 heteroatoms. The molecule has 1 aromatic heterocycles. The summed E-state index contributed by atoms with van der Waals surface area (Å²) in [5, 5.41) is 3.90. The number of carbonyl (C=O) groups excluding carboxylic acids is 2. The molecule has 4 rings (SSSR count). The van der Waals surface area contributed by atoms with E-state index < -0.39 is 6.04 Å². The van der Waals surface area contributed by atoms with Crippen molar-refractivity contribution in [2.45, 2.75) is 19.0 Å². The third kappa shape index (κ3) is 2.71. The van der Waals surface area contributed by atoms with Gasteiger partial charge in [0, 0.05) is 41.8 Å². The average Bonchev–Trinajstić information content (AvgIpc) is 3.20. The number of para-hydroxylation sites is 1. The lowest BCUT2D eigenvalue weighted by molar-refractivity contribution is -0.125. The van der Waals surface area contributed by atoms with Gasteiger partial charge in [-0.2, -0.15) is 0 Å². The van der Waals surface area contributed by atoms with Crippen molar-refractivity contribution in [1.82, 2.24) is 14.8 Å². The highest BCUT2D eigenvalue weighted by Crippen LogP contribution is 2.42. The molecule has 3 aromatic rings. The van der Waals surface area contributed by atoms with Crippen LogP contribution in [-0.4, -0.2) is 33.9 Å². The van der Waals surface area contributed by atoms with Crippen molar-refractivity contribution in [3.8, 4) is 0 Å². The smallest absolute Gasteiger partial charge is 0.255 e. The van der Waals surface area contributed by atoms with Gasteiger partial charge in [-0.05, 0) is 24.6 Å². The van der Waals surface area contributed by atoms with E-state index in [2.05, 4.69) is 34.8 Å². The first-order valence-corrected chi connectivity index (χ1v) is 9.38. The molecule has 1 N–H and O–H groups in total. The molecule has 1 aliphatic heterocycles. The molecule has 2 aromatic carbocycles. The van der Waals surface area contributed by atoms with Crippen LogP contribution >= 0.6 is 0 Å². The van der Waals surface area contributed by atoms with Gasteiger partial charge in [0.05, 0.1) is 6.04 Å². The minimum Gasteiger partial charge on any atom is -0.351 e. The van der Waals surface area contributed by atoms with Crippen LogP contribution in [0.1, 0.15) is 34.5 Å². The van der Waals surface area contributed by atoms with E-state index >= 15 is 0 Å². The van der Waals surface area contributed by atoms with E-state index in [0.717, 1.165) is 22.0 Å². The lowest BCUT2D eigenvalue weighted by Crippen LogP contribution is -2.47. The Balaban J connectivity index is 1.86. The molecule has 142 valence electrons. The van der Waals surface area contributed by atoms with Crippen LogP contribution in [0.5, 0.6) is 0 Å². The number of hydrogen-bond acceptors (Lipinski definition) is 2. The molecule has 1 aliphatic rings. The third-order valence-corrected chi connectivity index (χ3v) is 5.44. The minimum atomic E-state index is -0.608. The number of nitrogens with one attached hydrogen (secondary N) is 1. The maximum atomic E-state index is 13.3. The number of nitrogens with zero attached hydrogens (tertiary/aromatic N) is 2. The zero-order chi connectivity index (χ0) is 19.8. The molecular weight excluding hydrogens is 350 g/mol. The third-order valence-electron chi connectivity index (χ3n) is 5.44. The predicted octanol–water partition coefficient (Wildman–Crippen LogP) is 3.41. The van der Waals surface area contributed by atoms with Crippen molar-refractivity contribution in [1.29, 1.82) is 0 Å². The zero-order valence-corrected chi connectivity index (χ0v) is 16.1. The fourth-order valence-electron chi connectivity index (χ4n) is 4.09. The molecule has 0 unspecified atom stereocenters. The molecule has 0 bridgehead atoms. The molecule has 0 aliphatic carbocycles. The number of benzene rings is 2. The summed E-state index contributed by atoms with van der Waals surface area (Å²) in [4.78, 5) is 27.6. The Labute approximate surface area is 164 Å². The van der Waals surface area contributed by atoms with Gasteiger partial charge in [-0.25, -0.2) is 0 Å². The van der Waals surface area contributed by atoms with Crippen LogP contribution in [0.15, 0.2) is 67.4 Å². The van der Waals surface area contributed by atoms with Gasteiger partial charge in [0.25, 0.3) is 5.91 Å². The Bertz CT molecular complexity index is 1080. The van der Waals surface area contributed by atoms with Gasteiger partial charge >= 0.3 is 0 Å². The lowest BCUT2D eigenvalue weighted by Gasteiger charge is -2.30. The van der Waals surface area contributed by atoms with E-state index in [9.17, 15) is 9.59 Å². The van der Waals surface area contributed by atoms with E-state index in [1.165, 1.54) is 0 Å². The summed E-state index contributed by atoms with van der Waals surface area (Å²) in [7, 11) is 2.00. The van der Waals surface area contributed by atoms with Crippen molar-refractivity contribution in [3.05, 3.63) is 84.1 Å². The van der Waals surface area contributed by atoms with E-state index in [0.29, 0.717) is 12.1 Å². The summed E-state index contributed by atoms with van der Waals surface area (Å²) in [6.07, 6.45) is 3.69. The van der Waals surface area contributed by atoms with Gasteiger partial charge < -0.3 is 14.8 Å². The number of rotatable bonds is 5. The second-order valence-corrected chi connectivity index (χ2v) is 7.12. The van der Waals surface area contributed by atoms with Gasteiger partial charge in [-0.3, -0.25) is 9.59 Å². The Morgan fingerprint density at radius 3 is 2.68 bits per heavy atom. The summed E-state index contributed by atoms with van der Waals surface area (Å²) in [6.45, 7) is 5.79. The van der Waals surface area contributed by atoms with Crippen molar-refractivity contribution >= 4 is 22.7 Å². The van der Waals surface area contributed by atoms with Crippen molar-refractivity contribution < 1.29 is 9.59 Å². The number of aromatic nitrogens is 1. The monoisotopic (exact) mass is 373 g/mol. The van der Waals surface area contributed by atoms with E-state index in [-0.39, 0.29) is 17.9 Å². The minimum absolute atomic E-state index is 0.116. The van der Waals surface area contributed by atoms with Gasteiger partial charge in [0.2, 0.25) is 5.91 Å². The van der Waals surface area contributed by atoms with E-state index in [1.807, 2.05) is 43.4 Å². The average molecular weight is 373 g/mol. The molecule has 28 heavy (non-hydrogen) atoms. The zero-order valence-electron chi connectivity index (χ0n) is 16.1. The second-order valence-electron chi connectivity index (χ2n) is 7.12. The Morgan fingerprint density at radius 1 is 1.18 bits per heavy atom. The molecule has 0 saturated carbocycles. The number of carbonyl (C=O) groups is 2. The molecule has 5 nitrogen and oxygen atoms in total. The fourth-order valence-corrected chi connectivity index (χ4v) is 4.09. The number of aryl methyl sites for hydroxylation is 1. The molecule has 2 amide bonds.